The van der Waals surface area contributed by atoms with Crippen LogP contribution in [0.3, 0.4) is 0 Å². The molecule has 196 valence electrons. The van der Waals surface area contributed by atoms with E-state index >= 15 is 8.78 Å². The van der Waals surface area contributed by atoms with Crippen molar-refractivity contribution >= 4 is 26.8 Å². The number of carbonyl (C=O) groups excluding carboxylic acids is 1. The number of alkyl halides is 1. The zero-order chi connectivity index (χ0) is 26.5. The van der Waals surface area contributed by atoms with Crippen LogP contribution in [0.4, 0.5) is 13.2 Å². The summed E-state index contributed by atoms with van der Waals surface area (Å²) in [4.78, 5) is 18.6. The van der Waals surface area contributed by atoms with Gasteiger partial charge in [0.05, 0.1) is 27.7 Å². The van der Waals surface area contributed by atoms with E-state index in [-0.39, 0.29) is 43.6 Å². The number of fused-ring (bicyclic) bond motifs is 1. The third kappa shape index (κ3) is 4.95. The molecule has 3 aromatic rings. The lowest BCUT2D eigenvalue weighted by molar-refractivity contribution is 0.0858. The summed E-state index contributed by atoms with van der Waals surface area (Å²) in [6.07, 6.45) is -1.00. The molecule has 2 aromatic carbocycles. The molecule has 0 saturated carbocycles. The average Bonchev–Trinajstić information content (AvgIpc) is 2.82. The summed E-state index contributed by atoms with van der Waals surface area (Å²) in [5, 5.41) is 3.67. The molecule has 0 unspecified atom stereocenters. The number of likely N-dealkylation sites (tertiary alicyclic amines) is 1. The molecular formula is C26H27F3N4O3S. The van der Waals surface area contributed by atoms with E-state index in [0.29, 0.717) is 16.6 Å². The van der Waals surface area contributed by atoms with E-state index in [1.165, 1.54) is 6.07 Å². The fourth-order valence-electron chi connectivity index (χ4n) is 4.89. The monoisotopic (exact) mass is 532 g/mol. The first-order chi connectivity index (χ1) is 17.5. The Bertz CT molecular complexity index is 1460. The van der Waals surface area contributed by atoms with Crippen LogP contribution in [0.1, 0.15) is 28.8 Å². The van der Waals surface area contributed by atoms with E-state index in [1.54, 1.807) is 25.1 Å². The van der Waals surface area contributed by atoms with Crippen LogP contribution >= 0.6 is 0 Å². The summed E-state index contributed by atoms with van der Waals surface area (Å²) in [6.45, 7) is 3.19. The Balaban J connectivity index is 1.48. The Hall–Kier alpha value is -3.02. The summed E-state index contributed by atoms with van der Waals surface area (Å²) in [6, 6.07) is 8.13. The fraction of sp³-hybridized carbons (Fsp3) is 0.385. The van der Waals surface area contributed by atoms with Crippen LogP contribution in [0.25, 0.3) is 22.2 Å². The maximum Gasteiger partial charge on any atom is 0.251 e. The molecule has 2 saturated heterocycles. The minimum atomic E-state index is -4.18. The molecule has 11 heteroatoms. The van der Waals surface area contributed by atoms with Crippen LogP contribution in [0.2, 0.25) is 0 Å². The normalized spacial score (nSPS) is 18.2. The van der Waals surface area contributed by atoms with Gasteiger partial charge in [0, 0.05) is 37.1 Å². The van der Waals surface area contributed by atoms with Gasteiger partial charge in [-0.2, -0.15) is 4.31 Å². The van der Waals surface area contributed by atoms with E-state index in [4.69, 9.17) is 0 Å². The van der Waals surface area contributed by atoms with Crippen molar-refractivity contribution in [3.63, 3.8) is 0 Å². The van der Waals surface area contributed by atoms with Crippen LogP contribution in [-0.2, 0) is 10.0 Å². The van der Waals surface area contributed by atoms with E-state index in [0.717, 1.165) is 34.9 Å². The molecule has 5 rings (SSSR count). The van der Waals surface area contributed by atoms with Gasteiger partial charge < -0.3 is 10.2 Å². The summed E-state index contributed by atoms with van der Waals surface area (Å²) < 4.78 is 70.8. The van der Waals surface area contributed by atoms with Crippen LogP contribution in [0.15, 0.2) is 41.3 Å². The van der Waals surface area contributed by atoms with Crippen LogP contribution in [-0.4, -0.2) is 74.0 Å². The number of sulfonamides is 1. The molecule has 0 spiro atoms. The number of piperidine rings is 1. The number of nitrogens with zero attached hydrogens (tertiary/aromatic N) is 3. The predicted molar refractivity (Wildman–Crippen MR) is 133 cm³/mol. The zero-order valence-corrected chi connectivity index (χ0v) is 21.3. The van der Waals surface area contributed by atoms with Crippen LogP contribution in [0, 0.1) is 18.6 Å². The second-order valence-corrected chi connectivity index (χ2v) is 11.7. The van der Waals surface area contributed by atoms with Gasteiger partial charge in [0.2, 0.25) is 10.0 Å². The van der Waals surface area contributed by atoms with E-state index in [2.05, 4.69) is 15.2 Å². The number of hydrogen-bond donors (Lipinski definition) is 1. The fourth-order valence-corrected chi connectivity index (χ4v) is 6.38. The van der Waals surface area contributed by atoms with Gasteiger partial charge in [-0.1, -0.05) is 6.07 Å². The molecule has 0 radical (unpaired) electrons. The maximum absolute atomic E-state index is 15.2. The van der Waals surface area contributed by atoms with Crippen molar-refractivity contribution in [2.24, 2.45) is 0 Å². The highest BCUT2D eigenvalue weighted by Gasteiger charge is 2.31. The molecular weight excluding hydrogens is 505 g/mol. The number of rotatable bonds is 5. The number of amides is 1. The molecule has 1 N–H and O–H groups in total. The first-order valence-electron chi connectivity index (χ1n) is 12.1. The molecule has 2 fully saturated rings. The van der Waals surface area contributed by atoms with Crippen molar-refractivity contribution in [1.29, 1.82) is 0 Å². The largest absolute Gasteiger partial charge is 0.347 e. The second-order valence-electron chi connectivity index (χ2n) is 9.79. The molecule has 0 aliphatic carbocycles. The van der Waals surface area contributed by atoms with Gasteiger partial charge >= 0.3 is 0 Å². The number of carbonyl (C=O) groups is 1. The van der Waals surface area contributed by atoms with Gasteiger partial charge in [0.1, 0.15) is 17.8 Å². The van der Waals surface area contributed by atoms with Crippen molar-refractivity contribution in [2.45, 2.75) is 36.9 Å². The van der Waals surface area contributed by atoms with Gasteiger partial charge in [0.15, 0.2) is 0 Å². The van der Waals surface area contributed by atoms with Crippen LogP contribution < -0.4 is 5.32 Å². The topological polar surface area (TPSA) is 82.6 Å². The van der Waals surface area contributed by atoms with Gasteiger partial charge in [-0.25, -0.2) is 26.6 Å². The molecule has 7 nitrogen and oxygen atoms in total. The summed E-state index contributed by atoms with van der Waals surface area (Å²) in [7, 11) is -2.22. The Morgan fingerprint density at radius 1 is 1.05 bits per heavy atom. The summed E-state index contributed by atoms with van der Waals surface area (Å²) >= 11 is 0. The first-order valence-corrected chi connectivity index (χ1v) is 13.5. The first kappa shape index (κ1) is 25.6. The van der Waals surface area contributed by atoms with Crippen LogP contribution in [0.5, 0.6) is 0 Å². The van der Waals surface area contributed by atoms with E-state index in [9.17, 15) is 17.6 Å². The molecule has 1 aromatic heterocycles. The summed E-state index contributed by atoms with van der Waals surface area (Å²) in [5.74, 6) is -2.41. The number of likely N-dealkylation sites (N-methyl/N-ethyl adjacent to an activating group) is 1. The molecule has 0 bridgehead atoms. The highest BCUT2D eigenvalue weighted by Crippen LogP contribution is 2.32. The Labute approximate surface area is 213 Å². The highest BCUT2D eigenvalue weighted by atomic mass is 32.2. The van der Waals surface area contributed by atoms with Crippen molar-refractivity contribution in [3.05, 3.63) is 59.2 Å². The number of aryl methyl sites for hydroxylation is 1. The van der Waals surface area contributed by atoms with Crippen molar-refractivity contribution < 1.29 is 26.4 Å². The summed E-state index contributed by atoms with van der Waals surface area (Å²) in [5.41, 5.74) is 0.986. The molecule has 0 atom stereocenters. The molecule has 1 amide bonds. The van der Waals surface area contributed by atoms with Gasteiger partial charge in [-0.15, -0.1) is 0 Å². The van der Waals surface area contributed by atoms with Crippen molar-refractivity contribution in [2.75, 3.05) is 33.2 Å². The number of nitrogens with one attached hydrogen (secondary N) is 1. The lowest BCUT2D eigenvalue weighted by Crippen LogP contribution is -2.57. The molecule has 2 aliphatic heterocycles. The standard InChI is InChI=1S/C26H27F3N4O3S/c1-15-9-24(31-23-10-16(3-4-20(15)23)26(34)30-18-13-32(2)14-18)25-21(28)11-19(12-22(25)29)37(35,36)33-7-5-17(27)6-8-33/h3-4,9-12,17-18H,5-8,13-14H2,1-2H3,(H,30,34). The second kappa shape index (κ2) is 9.70. The number of pyridine rings is 1. The average molecular weight is 533 g/mol. The number of halogens is 3. The minimum Gasteiger partial charge on any atom is -0.347 e. The van der Waals surface area contributed by atoms with Crippen molar-refractivity contribution in [1.82, 2.24) is 19.5 Å². The highest BCUT2D eigenvalue weighted by molar-refractivity contribution is 7.89. The van der Waals surface area contributed by atoms with Gasteiger partial charge in [-0.3, -0.25) is 4.79 Å². The molecule has 37 heavy (non-hydrogen) atoms. The smallest absolute Gasteiger partial charge is 0.251 e. The SMILES string of the molecule is Cc1cc(-c2c(F)cc(S(=O)(=O)N3CCC(F)CC3)cc2F)nc2cc(C(=O)NC3CN(C)C3)ccc12. The van der Waals surface area contributed by atoms with E-state index in [1.807, 2.05) is 7.05 Å². The zero-order valence-electron chi connectivity index (χ0n) is 20.5. The Kier molecular flexibility index (Phi) is 6.71. The number of hydrogen-bond acceptors (Lipinski definition) is 5. The lowest BCUT2D eigenvalue weighted by Gasteiger charge is -2.36. The quantitative estimate of drug-likeness (QED) is 0.543. The molecule has 2 aliphatic rings. The van der Waals surface area contributed by atoms with E-state index < -0.39 is 38.3 Å². The third-order valence-corrected chi connectivity index (χ3v) is 8.85. The minimum absolute atomic E-state index is 0.0135. The number of benzene rings is 2. The van der Waals surface area contributed by atoms with Crippen molar-refractivity contribution in [3.8, 4) is 11.3 Å². The maximum atomic E-state index is 15.2. The predicted octanol–water partition coefficient (Wildman–Crippen LogP) is 3.65. The third-order valence-electron chi connectivity index (χ3n) is 6.97. The molecule has 3 heterocycles. The van der Waals surface area contributed by atoms with Gasteiger partial charge in [0.25, 0.3) is 5.91 Å². The number of aromatic nitrogens is 1. The van der Waals surface area contributed by atoms with Gasteiger partial charge in [-0.05, 0) is 62.7 Å². The Morgan fingerprint density at radius 3 is 2.32 bits per heavy atom. The Morgan fingerprint density at radius 2 is 1.70 bits per heavy atom. The lowest BCUT2D eigenvalue weighted by atomic mass is 10.0.